The van der Waals surface area contributed by atoms with Gasteiger partial charge in [-0.1, -0.05) is 56.1 Å². The van der Waals surface area contributed by atoms with E-state index in [0.29, 0.717) is 5.56 Å². The van der Waals surface area contributed by atoms with E-state index in [1.54, 1.807) is 0 Å². The molecule has 0 saturated carbocycles. The molecule has 5 heteroatoms. The van der Waals surface area contributed by atoms with Gasteiger partial charge in [-0.05, 0) is 35.9 Å². The lowest BCUT2D eigenvalue weighted by Gasteiger charge is -2.10. The lowest BCUT2D eigenvalue weighted by Crippen LogP contribution is -1.99. The SMILES string of the molecule is N#Cc1c(-c2cccc(Br)c2)cc(-c2ccc(Br)cc2)nc1N. The molecule has 2 aromatic carbocycles. The number of halogens is 2. The highest BCUT2D eigenvalue weighted by Crippen LogP contribution is 2.32. The number of nitriles is 1. The fourth-order valence-corrected chi connectivity index (χ4v) is 3.00. The number of hydrogen-bond donors (Lipinski definition) is 1. The normalized spacial score (nSPS) is 10.3. The summed E-state index contributed by atoms with van der Waals surface area (Å²) in [5.41, 5.74) is 9.79. The van der Waals surface area contributed by atoms with Gasteiger partial charge in [-0.15, -0.1) is 0 Å². The van der Waals surface area contributed by atoms with Crippen molar-refractivity contribution in [1.29, 1.82) is 5.26 Å². The van der Waals surface area contributed by atoms with Crippen LogP contribution < -0.4 is 5.73 Å². The molecule has 0 amide bonds. The maximum Gasteiger partial charge on any atom is 0.142 e. The number of hydrogen-bond acceptors (Lipinski definition) is 3. The van der Waals surface area contributed by atoms with Crippen LogP contribution in [0.25, 0.3) is 22.4 Å². The highest BCUT2D eigenvalue weighted by Gasteiger charge is 2.13. The van der Waals surface area contributed by atoms with Gasteiger partial charge in [0.15, 0.2) is 0 Å². The maximum atomic E-state index is 9.44. The number of aromatic nitrogens is 1. The van der Waals surface area contributed by atoms with Crippen molar-refractivity contribution in [3.63, 3.8) is 0 Å². The van der Waals surface area contributed by atoms with Gasteiger partial charge in [0, 0.05) is 20.1 Å². The Morgan fingerprint density at radius 1 is 0.913 bits per heavy atom. The zero-order chi connectivity index (χ0) is 16.4. The van der Waals surface area contributed by atoms with Gasteiger partial charge in [-0.2, -0.15) is 5.26 Å². The summed E-state index contributed by atoms with van der Waals surface area (Å²) < 4.78 is 1.94. The number of nitrogens with two attached hydrogens (primary N) is 1. The second kappa shape index (κ2) is 6.53. The Balaban J connectivity index is 2.22. The minimum Gasteiger partial charge on any atom is -0.383 e. The fourth-order valence-electron chi connectivity index (χ4n) is 2.33. The molecule has 23 heavy (non-hydrogen) atoms. The van der Waals surface area contributed by atoms with E-state index < -0.39 is 0 Å². The smallest absolute Gasteiger partial charge is 0.142 e. The second-order valence-electron chi connectivity index (χ2n) is 4.94. The van der Waals surface area contributed by atoms with Gasteiger partial charge in [-0.3, -0.25) is 0 Å². The molecule has 1 heterocycles. The van der Waals surface area contributed by atoms with Gasteiger partial charge in [0.05, 0.1) is 5.69 Å². The third kappa shape index (κ3) is 3.29. The lowest BCUT2D eigenvalue weighted by atomic mass is 9.98. The van der Waals surface area contributed by atoms with Crippen LogP contribution in [0.15, 0.2) is 63.5 Å². The summed E-state index contributed by atoms with van der Waals surface area (Å²) in [6.07, 6.45) is 0. The van der Waals surface area contributed by atoms with Crippen molar-refractivity contribution < 1.29 is 0 Å². The summed E-state index contributed by atoms with van der Waals surface area (Å²) in [7, 11) is 0. The topological polar surface area (TPSA) is 62.7 Å². The first kappa shape index (κ1) is 15.7. The summed E-state index contributed by atoms with van der Waals surface area (Å²) in [5, 5.41) is 9.44. The quantitative estimate of drug-likeness (QED) is 0.594. The maximum absolute atomic E-state index is 9.44. The molecule has 112 valence electrons. The molecule has 0 bridgehead atoms. The molecule has 0 aliphatic carbocycles. The lowest BCUT2D eigenvalue weighted by molar-refractivity contribution is 1.31. The predicted octanol–water partition coefficient (Wildman–Crippen LogP) is 5.39. The Bertz CT molecular complexity index is 913. The predicted molar refractivity (Wildman–Crippen MR) is 99.6 cm³/mol. The van der Waals surface area contributed by atoms with Crippen molar-refractivity contribution in [2.24, 2.45) is 0 Å². The van der Waals surface area contributed by atoms with E-state index in [1.165, 1.54) is 0 Å². The molecule has 1 aromatic heterocycles. The first-order chi connectivity index (χ1) is 11.1. The number of anilines is 1. The highest BCUT2D eigenvalue weighted by atomic mass is 79.9. The molecule has 0 fully saturated rings. The van der Waals surface area contributed by atoms with E-state index >= 15 is 0 Å². The molecule has 0 saturated heterocycles. The van der Waals surface area contributed by atoms with Crippen LogP contribution in [0, 0.1) is 11.3 Å². The van der Waals surface area contributed by atoms with Crippen LogP contribution in [-0.2, 0) is 0 Å². The number of nitrogens with zero attached hydrogens (tertiary/aromatic N) is 2. The van der Waals surface area contributed by atoms with Gasteiger partial charge >= 0.3 is 0 Å². The molecular formula is C18H11Br2N3. The Morgan fingerprint density at radius 2 is 1.65 bits per heavy atom. The molecule has 0 radical (unpaired) electrons. The number of rotatable bonds is 2. The van der Waals surface area contributed by atoms with E-state index in [-0.39, 0.29) is 5.82 Å². The molecule has 0 aliphatic rings. The van der Waals surface area contributed by atoms with Crippen LogP contribution in [0.2, 0.25) is 0 Å². The first-order valence-corrected chi connectivity index (χ1v) is 8.39. The first-order valence-electron chi connectivity index (χ1n) is 6.81. The van der Waals surface area contributed by atoms with Gasteiger partial charge in [0.2, 0.25) is 0 Å². The van der Waals surface area contributed by atoms with Crippen LogP contribution in [0.3, 0.4) is 0 Å². The van der Waals surface area contributed by atoms with Gasteiger partial charge in [-0.25, -0.2) is 4.98 Å². The largest absolute Gasteiger partial charge is 0.383 e. The highest BCUT2D eigenvalue weighted by molar-refractivity contribution is 9.10. The average Bonchev–Trinajstić information content (AvgIpc) is 2.55. The molecular weight excluding hydrogens is 418 g/mol. The van der Waals surface area contributed by atoms with Crippen LogP contribution in [-0.4, -0.2) is 4.98 Å². The third-order valence-corrected chi connectivity index (χ3v) is 4.46. The van der Waals surface area contributed by atoms with Crippen molar-refractivity contribution >= 4 is 37.7 Å². The molecule has 0 unspecified atom stereocenters. The van der Waals surface area contributed by atoms with Crippen LogP contribution in [0.5, 0.6) is 0 Å². The van der Waals surface area contributed by atoms with E-state index in [1.807, 2.05) is 54.6 Å². The minimum absolute atomic E-state index is 0.239. The molecule has 2 N–H and O–H groups in total. The van der Waals surface area contributed by atoms with Crippen molar-refractivity contribution in [3.8, 4) is 28.5 Å². The Labute approximate surface area is 151 Å². The van der Waals surface area contributed by atoms with Crippen LogP contribution >= 0.6 is 31.9 Å². The number of benzene rings is 2. The summed E-state index contributed by atoms with van der Waals surface area (Å²) in [6.45, 7) is 0. The summed E-state index contributed by atoms with van der Waals surface area (Å²) in [4.78, 5) is 4.38. The Morgan fingerprint density at radius 3 is 2.30 bits per heavy atom. The molecule has 3 nitrogen and oxygen atoms in total. The van der Waals surface area contributed by atoms with Gasteiger partial charge in [0.25, 0.3) is 0 Å². The van der Waals surface area contributed by atoms with Crippen molar-refractivity contribution in [2.45, 2.75) is 0 Å². The number of pyridine rings is 1. The zero-order valence-electron chi connectivity index (χ0n) is 11.9. The third-order valence-electron chi connectivity index (χ3n) is 3.43. The van der Waals surface area contributed by atoms with Gasteiger partial charge < -0.3 is 5.73 Å². The molecule has 0 spiro atoms. The zero-order valence-corrected chi connectivity index (χ0v) is 15.1. The Hall–Kier alpha value is -2.16. The molecule has 3 aromatic rings. The molecule has 3 rings (SSSR count). The molecule has 0 aliphatic heterocycles. The van der Waals surface area contributed by atoms with Crippen molar-refractivity contribution in [3.05, 3.63) is 69.1 Å². The molecule has 0 atom stereocenters. The van der Waals surface area contributed by atoms with Gasteiger partial charge in [0.1, 0.15) is 17.5 Å². The van der Waals surface area contributed by atoms with Crippen molar-refractivity contribution in [2.75, 3.05) is 5.73 Å². The van der Waals surface area contributed by atoms with Crippen LogP contribution in [0.1, 0.15) is 5.56 Å². The van der Waals surface area contributed by atoms with Crippen molar-refractivity contribution in [1.82, 2.24) is 4.98 Å². The monoisotopic (exact) mass is 427 g/mol. The standard InChI is InChI=1S/C18H11Br2N3/c19-13-6-4-11(5-7-13)17-9-15(16(10-21)18(22)23-17)12-2-1-3-14(20)8-12/h1-9H,(H2,22,23). The minimum atomic E-state index is 0.239. The average molecular weight is 429 g/mol. The van der Waals surface area contributed by atoms with E-state index in [0.717, 1.165) is 31.3 Å². The second-order valence-corrected chi connectivity index (χ2v) is 6.78. The van der Waals surface area contributed by atoms with E-state index in [4.69, 9.17) is 5.73 Å². The number of nitrogen functional groups attached to an aromatic ring is 1. The van der Waals surface area contributed by atoms with Crippen LogP contribution in [0.4, 0.5) is 5.82 Å². The van der Waals surface area contributed by atoms with E-state index in [9.17, 15) is 5.26 Å². The summed E-state index contributed by atoms with van der Waals surface area (Å²) in [5.74, 6) is 0.239. The summed E-state index contributed by atoms with van der Waals surface area (Å²) >= 11 is 6.88. The summed E-state index contributed by atoms with van der Waals surface area (Å²) in [6, 6.07) is 19.7. The fraction of sp³-hybridized carbons (Fsp3) is 0. The van der Waals surface area contributed by atoms with E-state index in [2.05, 4.69) is 42.9 Å². The Kier molecular flexibility index (Phi) is 4.46.